The van der Waals surface area contributed by atoms with E-state index in [1.54, 1.807) is 6.33 Å². The van der Waals surface area contributed by atoms with Crippen molar-refractivity contribution in [1.82, 2.24) is 9.55 Å². The summed E-state index contributed by atoms with van der Waals surface area (Å²) in [7, 11) is 0. The number of aliphatic hydroxyl groups excluding tert-OH is 1. The van der Waals surface area contributed by atoms with Gasteiger partial charge in [-0.05, 0) is 11.1 Å². The molecule has 0 spiro atoms. The zero-order valence-corrected chi connectivity index (χ0v) is 9.00. The molecule has 0 atom stereocenters. The van der Waals surface area contributed by atoms with E-state index in [4.69, 9.17) is 10.8 Å². The summed E-state index contributed by atoms with van der Waals surface area (Å²) in [6.07, 6.45) is 3.72. The molecule has 1 aromatic heterocycles. The van der Waals surface area contributed by atoms with Gasteiger partial charge in [-0.1, -0.05) is 24.3 Å². The highest BCUT2D eigenvalue weighted by atomic mass is 16.3. The molecule has 16 heavy (non-hydrogen) atoms. The molecule has 0 aliphatic carbocycles. The van der Waals surface area contributed by atoms with E-state index in [1.165, 1.54) is 5.56 Å². The van der Waals surface area contributed by atoms with E-state index in [0.29, 0.717) is 6.54 Å². The standard InChI is InChI=1S/C12H15N3O/c13-5-12-7-15(9-14-12)6-10-1-3-11(8-16)4-2-10/h1-4,7,9,16H,5-6,8,13H2. The van der Waals surface area contributed by atoms with Crippen LogP contribution < -0.4 is 5.73 Å². The molecule has 1 aromatic carbocycles. The molecule has 0 radical (unpaired) electrons. The third-order valence-corrected chi connectivity index (χ3v) is 2.47. The molecule has 3 N–H and O–H groups in total. The van der Waals surface area contributed by atoms with E-state index >= 15 is 0 Å². The number of aromatic nitrogens is 2. The van der Waals surface area contributed by atoms with Crippen LogP contribution in [-0.2, 0) is 19.7 Å². The van der Waals surface area contributed by atoms with Crippen LogP contribution in [-0.4, -0.2) is 14.7 Å². The zero-order valence-electron chi connectivity index (χ0n) is 9.00. The van der Waals surface area contributed by atoms with E-state index in [0.717, 1.165) is 17.8 Å². The van der Waals surface area contributed by atoms with Gasteiger partial charge in [-0.15, -0.1) is 0 Å². The minimum atomic E-state index is 0.0860. The fraction of sp³-hybridized carbons (Fsp3) is 0.250. The van der Waals surface area contributed by atoms with E-state index in [9.17, 15) is 0 Å². The van der Waals surface area contributed by atoms with Crippen molar-refractivity contribution in [3.8, 4) is 0 Å². The predicted molar refractivity (Wildman–Crippen MR) is 61.6 cm³/mol. The Labute approximate surface area is 94.4 Å². The summed E-state index contributed by atoms with van der Waals surface area (Å²) in [4.78, 5) is 4.16. The molecule has 0 bridgehead atoms. The van der Waals surface area contributed by atoms with Gasteiger partial charge >= 0.3 is 0 Å². The summed E-state index contributed by atoms with van der Waals surface area (Å²) in [5, 5.41) is 8.92. The second kappa shape index (κ2) is 4.92. The number of imidazole rings is 1. The van der Waals surface area contributed by atoms with Gasteiger partial charge in [-0.2, -0.15) is 0 Å². The number of nitrogens with two attached hydrogens (primary N) is 1. The van der Waals surface area contributed by atoms with Gasteiger partial charge in [0.25, 0.3) is 0 Å². The first-order valence-electron chi connectivity index (χ1n) is 5.21. The molecular weight excluding hydrogens is 202 g/mol. The maximum Gasteiger partial charge on any atom is 0.0953 e. The Hall–Kier alpha value is -1.65. The summed E-state index contributed by atoms with van der Waals surface area (Å²) < 4.78 is 2.00. The van der Waals surface area contributed by atoms with Crippen molar-refractivity contribution in [3.63, 3.8) is 0 Å². The molecule has 0 aliphatic rings. The lowest BCUT2D eigenvalue weighted by atomic mass is 10.1. The molecule has 2 rings (SSSR count). The fourth-order valence-corrected chi connectivity index (χ4v) is 1.56. The third kappa shape index (κ3) is 2.48. The van der Waals surface area contributed by atoms with Crippen molar-refractivity contribution in [2.24, 2.45) is 5.73 Å². The molecule has 0 aliphatic heterocycles. The predicted octanol–water partition coefficient (Wildman–Crippen LogP) is 0.882. The maximum atomic E-state index is 8.92. The van der Waals surface area contributed by atoms with Crippen LogP contribution in [0.4, 0.5) is 0 Å². The van der Waals surface area contributed by atoms with Gasteiger partial charge in [0.05, 0.1) is 18.6 Å². The molecule has 0 fully saturated rings. The molecule has 0 amide bonds. The number of aliphatic hydroxyl groups is 1. The highest BCUT2D eigenvalue weighted by molar-refractivity contribution is 5.22. The van der Waals surface area contributed by atoms with Gasteiger partial charge < -0.3 is 15.4 Å². The van der Waals surface area contributed by atoms with E-state index in [1.807, 2.05) is 35.0 Å². The number of nitrogens with zero attached hydrogens (tertiary/aromatic N) is 2. The summed E-state index contributed by atoms with van der Waals surface area (Å²) in [5.41, 5.74) is 8.49. The third-order valence-electron chi connectivity index (χ3n) is 2.47. The molecule has 4 heteroatoms. The Balaban J connectivity index is 2.08. The van der Waals surface area contributed by atoms with Gasteiger partial charge in [0.15, 0.2) is 0 Å². The quantitative estimate of drug-likeness (QED) is 0.799. The first-order valence-corrected chi connectivity index (χ1v) is 5.21. The van der Waals surface area contributed by atoms with Crippen molar-refractivity contribution in [1.29, 1.82) is 0 Å². The van der Waals surface area contributed by atoms with Crippen LogP contribution in [0, 0.1) is 0 Å². The van der Waals surface area contributed by atoms with Gasteiger partial charge in [0, 0.05) is 19.3 Å². The molecule has 84 valence electrons. The molecule has 0 unspecified atom stereocenters. The lowest BCUT2D eigenvalue weighted by molar-refractivity contribution is 0.282. The molecular formula is C12H15N3O. The Morgan fingerprint density at radius 2 is 1.88 bits per heavy atom. The van der Waals surface area contributed by atoms with Crippen LogP contribution >= 0.6 is 0 Å². The molecule has 4 nitrogen and oxygen atoms in total. The molecule has 2 aromatic rings. The molecule has 0 saturated carbocycles. The van der Waals surface area contributed by atoms with Crippen LogP contribution in [0.2, 0.25) is 0 Å². The number of rotatable bonds is 4. The van der Waals surface area contributed by atoms with Crippen molar-refractivity contribution in [3.05, 3.63) is 53.6 Å². The lowest BCUT2D eigenvalue weighted by Crippen LogP contribution is -1.98. The fourth-order valence-electron chi connectivity index (χ4n) is 1.56. The van der Waals surface area contributed by atoms with Crippen LogP contribution in [0.1, 0.15) is 16.8 Å². The van der Waals surface area contributed by atoms with Crippen molar-refractivity contribution >= 4 is 0 Å². The first kappa shape index (κ1) is 10.9. The van der Waals surface area contributed by atoms with Crippen LogP contribution in [0.3, 0.4) is 0 Å². The molecule has 1 heterocycles. The smallest absolute Gasteiger partial charge is 0.0953 e. The first-order chi connectivity index (χ1) is 7.81. The Morgan fingerprint density at radius 1 is 1.19 bits per heavy atom. The SMILES string of the molecule is NCc1cn(Cc2ccc(CO)cc2)cn1. The Bertz CT molecular complexity index is 448. The monoisotopic (exact) mass is 217 g/mol. The normalized spacial score (nSPS) is 10.6. The lowest BCUT2D eigenvalue weighted by Gasteiger charge is -2.03. The average molecular weight is 217 g/mol. The Morgan fingerprint density at radius 3 is 2.44 bits per heavy atom. The van der Waals surface area contributed by atoms with Crippen molar-refractivity contribution in [2.45, 2.75) is 19.7 Å². The topological polar surface area (TPSA) is 64.1 Å². The van der Waals surface area contributed by atoms with E-state index < -0.39 is 0 Å². The van der Waals surface area contributed by atoms with Crippen LogP contribution in [0.5, 0.6) is 0 Å². The number of hydrogen-bond acceptors (Lipinski definition) is 3. The van der Waals surface area contributed by atoms with E-state index in [-0.39, 0.29) is 6.61 Å². The number of hydrogen-bond donors (Lipinski definition) is 2. The maximum absolute atomic E-state index is 8.92. The van der Waals surface area contributed by atoms with Gasteiger partial charge in [0.2, 0.25) is 0 Å². The highest BCUT2D eigenvalue weighted by Gasteiger charge is 1.98. The second-order valence-corrected chi connectivity index (χ2v) is 3.72. The van der Waals surface area contributed by atoms with Crippen LogP contribution in [0.15, 0.2) is 36.8 Å². The number of benzene rings is 1. The highest BCUT2D eigenvalue weighted by Crippen LogP contribution is 2.07. The minimum Gasteiger partial charge on any atom is -0.392 e. The average Bonchev–Trinajstić information content (AvgIpc) is 2.78. The van der Waals surface area contributed by atoms with Gasteiger partial charge in [-0.3, -0.25) is 0 Å². The zero-order chi connectivity index (χ0) is 11.4. The Kier molecular flexibility index (Phi) is 3.34. The largest absolute Gasteiger partial charge is 0.392 e. The summed E-state index contributed by atoms with van der Waals surface area (Å²) in [6, 6.07) is 7.87. The summed E-state index contributed by atoms with van der Waals surface area (Å²) in [5.74, 6) is 0. The summed E-state index contributed by atoms with van der Waals surface area (Å²) >= 11 is 0. The molecule has 0 saturated heterocycles. The van der Waals surface area contributed by atoms with E-state index in [2.05, 4.69) is 4.98 Å². The van der Waals surface area contributed by atoms with Crippen molar-refractivity contribution in [2.75, 3.05) is 0 Å². The van der Waals surface area contributed by atoms with Crippen LogP contribution in [0.25, 0.3) is 0 Å². The minimum absolute atomic E-state index is 0.0860. The van der Waals surface area contributed by atoms with Gasteiger partial charge in [0.1, 0.15) is 0 Å². The van der Waals surface area contributed by atoms with Crippen molar-refractivity contribution < 1.29 is 5.11 Å². The van der Waals surface area contributed by atoms with Gasteiger partial charge in [-0.25, -0.2) is 4.98 Å². The summed E-state index contributed by atoms with van der Waals surface area (Å²) in [6.45, 7) is 1.33. The second-order valence-electron chi connectivity index (χ2n) is 3.72.